The third kappa shape index (κ3) is 5.13. The first kappa shape index (κ1) is 22.6. The van der Waals surface area contributed by atoms with E-state index in [0.29, 0.717) is 20.7 Å². The average molecular weight is 554 g/mol. The molecular formula is C21H19IN2O4S2. The molecular weight excluding hydrogens is 535 g/mol. The fraction of sp³-hybridized carbons (Fsp3) is 0.190. The van der Waals surface area contributed by atoms with Crippen molar-refractivity contribution in [3.63, 3.8) is 0 Å². The second-order valence-corrected chi connectivity index (χ2v) is 9.26. The van der Waals surface area contributed by atoms with Crippen LogP contribution in [0.5, 0.6) is 11.5 Å². The van der Waals surface area contributed by atoms with E-state index in [1.807, 2.05) is 37.3 Å². The molecule has 0 radical (unpaired) electrons. The number of rotatable bonds is 6. The SMILES string of the molecule is COc1cc(/C=C2\SC(=S)N(C)C2=O)cc(I)c1OCC(=O)Nc1ccccc1C. The predicted molar refractivity (Wildman–Crippen MR) is 132 cm³/mol. The monoisotopic (exact) mass is 554 g/mol. The van der Waals surface area contributed by atoms with Crippen molar-refractivity contribution in [1.82, 2.24) is 4.90 Å². The fourth-order valence-electron chi connectivity index (χ4n) is 2.70. The molecule has 9 heteroatoms. The second-order valence-electron chi connectivity index (χ2n) is 6.43. The van der Waals surface area contributed by atoms with Crippen LogP contribution in [0.1, 0.15) is 11.1 Å². The van der Waals surface area contributed by atoms with Crippen molar-refractivity contribution in [2.24, 2.45) is 0 Å². The van der Waals surface area contributed by atoms with Crippen LogP contribution < -0.4 is 14.8 Å². The number of benzene rings is 2. The van der Waals surface area contributed by atoms with E-state index < -0.39 is 0 Å². The van der Waals surface area contributed by atoms with E-state index in [1.54, 1.807) is 19.2 Å². The van der Waals surface area contributed by atoms with E-state index in [9.17, 15) is 9.59 Å². The van der Waals surface area contributed by atoms with Crippen molar-refractivity contribution < 1.29 is 19.1 Å². The molecule has 0 atom stereocenters. The number of nitrogens with zero attached hydrogens (tertiary/aromatic N) is 1. The van der Waals surface area contributed by atoms with Crippen molar-refractivity contribution in [3.8, 4) is 11.5 Å². The highest BCUT2D eigenvalue weighted by atomic mass is 127. The van der Waals surface area contributed by atoms with Gasteiger partial charge in [-0.25, -0.2) is 0 Å². The van der Waals surface area contributed by atoms with E-state index in [-0.39, 0.29) is 18.4 Å². The zero-order valence-electron chi connectivity index (χ0n) is 16.5. The van der Waals surface area contributed by atoms with Crippen molar-refractivity contribution >= 4 is 74.5 Å². The molecule has 0 unspecified atom stereocenters. The quantitative estimate of drug-likeness (QED) is 0.323. The lowest BCUT2D eigenvalue weighted by atomic mass is 10.2. The van der Waals surface area contributed by atoms with Crippen molar-refractivity contribution in [2.75, 3.05) is 26.1 Å². The number of methoxy groups -OCH3 is 1. The number of nitrogens with one attached hydrogen (secondary N) is 1. The predicted octanol–water partition coefficient (Wildman–Crippen LogP) is 4.46. The number of hydrogen-bond donors (Lipinski definition) is 1. The van der Waals surface area contributed by atoms with Gasteiger partial charge in [0.1, 0.15) is 4.32 Å². The number of carbonyl (C=O) groups excluding carboxylic acids is 2. The number of likely N-dealkylation sites (N-methyl/N-ethyl adjacent to an activating group) is 1. The molecule has 3 rings (SSSR count). The lowest BCUT2D eigenvalue weighted by Crippen LogP contribution is -2.22. The lowest BCUT2D eigenvalue weighted by Gasteiger charge is -2.14. The van der Waals surface area contributed by atoms with Gasteiger partial charge in [0.25, 0.3) is 11.8 Å². The molecule has 1 aliphatic heterocycles. The molecule has 156 valence electrons. The molecule has 0 aromatic heterocycles. The van der Waals surface area contributed by atoms with Gasteiger partial charge < -0.3 is 14.8 Å². The number of anilines is 1. The Hall–Kier alpha value is -2.11. The summed E-state index contributed by atoms with van der Waals surface area (Å²) in [6, 6.07) is 11.2. The van der Waals surface area contributed by atoms with Gasteiger partial charge in [-0.3, -0.25) is 14.5 Å². The lowest BCUT2D eigenvalue weighted by molar-refractivity contribution is -0.121. The fourth-order valence-corrected chi connectivity index (χ4v) is 4.66. The maximum absolute atomic E-state index is 12.3. The van der Waals surface area contributed by atoms with E-state index in [1.165, 1.54) is 23.8 Å². The summed E-state index contributed by atoms with van der Waals surface area (Å²) in [6.07, 6.45) is 1.77. The Bertz CT molecular complexity index is 1060. The largest absolute Gasteiger partial charge is 0.493 e. The molecule has 1 saturated heterocycles. The maximum atomic E-state index is 12.3. The minimum absolute atomic E-state index is 0.132. The molecule has 2 aromatic carbocycles. The van der Waals surface area contributed by atoms with Gasteiger partial charge in [0, 0.05) is 12.7 Å². The van der Waals surface area contributed by atoms with Crippen LogP contribution in [0, 0.1) is 10.5 Å². The summed E-state index contributed by atoms with van der Waals surface area (Å²) in [6.45, 7) is 1.77. The van der Waals surface area contributed by atoms with Crippen molar-refractivity contribution in [2.45, 2.75) is 6.92 Å². The molecule has 0 aliphatic carbocycles. The third-order valence-electron chi connectivity index (χ3n) is 4.30. The zero-order valence-corrected chi connectivity index (χ0v) is 20.3. The van der Waals surface area contributed by atoms with Crippen LogP contribution in [0.15, 0.2) is 41.3 Å². The summed E-state index contributed by atoms with van der Waals surface area (Å²) in [7, 11) is 3.18. The molecule has 0 bridgehead atoms. The average Bonchev–Trinajstić information content (AvgIpc) is 2.95. The van der Waals surface area contributed by atoms with E-state index in [4.69, 9.17) is 21.7 Å². The zero-order chi connectivity index (χ0) is 21.8. The summed E-state index contributed by atoms with van der Waals surface area (Å²) in [4.78, 5) is 26.5. The Kier molecular flexibility index (Phi) is 7.37. The number of carbonyl (C=O) groups is 2. The molecule has 2 amide bonds. The standard InChI is InChI=1S/C21H19IN2O4S2/c1-12-6-4-5-7-15(12)23-18(25)11-28-19-14(22)8-13(9-16(19)27-3)10-17-20(26)24(2)21(29)30-17/h4-10H,11H2,1-3H3,(H,23,25)/b17-10-. The van der Waals surface area contributed by atoms with Crippen LogP contribution >= 0.6 is 46.6 Å². The van der Waals surface area contributed by atoms with Gasteiger partial charge in [0.2, 0.25) is 0 Å². The van der Waals surface area contributed by atoms with Crippen LogP contribution in [-0.4, -0.2) is 41.8 Å². The molecule has 1 fully saturated rings. The van der Waals surface area contributed by atoms with Gasteiger partial charge in [-0.2, -0.15) is 0 Å². The molecule has 2 aromatic rings. The summed E-state index contributed by atoms with van der Waals surface area (Å²) in [5.74, 6) is 0.548. The number of ether oxygens (including phenoxy) is 2. The van der Waals surface area contributed by atoms with E-state index in [0.717, 1.165) is 20.4 Å². The molecule has 30 heavy (non-hydrogen) atoms. The smallest absolute Gasteiger partial charge is 0.265 e. The highest BCUT2D eigenvalue weighted by Crippen LogP contribution is 2.37. The second kappa shape index (κ2) is 9.80. The van der Waals surface area contributed by atoms with Crippen LogP contribution in [0.4, 0.5) is 5.69 Å². The van der Waals surface area contributed by atoms with Gasteiger partial charge in [0.05, 0.1) is 15.6 Å². The molecule has 6 nitrogen and oxygen atoms in total. The van der Waals surface area contributed by atoms with Crippen LogP contribution in [0.25, 0.3) is 6.08 Å². The maximum Gasteiger partial charge on any atom is 0.265 e. The number of para-hydroxylation sites is 1. The van der Waals surface area contributed by atoms with Crippen LogP contribution in [0.2, 0.25) is 0 Å². The number of thiocarbonyl (C=S) groups is 1. The summed E-state index contributed by atoms with van der Waals surface area (Å²) in [5.41, 5.74) is 2.50. The van der Waals surface area contributed by atoms with Gasteiger partial charge in [-0.05, 0) is 64.9 Å². The first-order valence-electron chi connectivity index (χ1n) is 8.87. The number of aryl methyl sites for hydroxylation is 1. The summed E-state index contributed by atoms with van der Waals surface area (Å²) >= 11 is 8.54. The van der Waals surface area contributed by atoms with Crippen LogP contribution in [0.3, 0.4) is 0 Å². The highest BCUT2D eigenvalue weighted by Gasteiger charge is 2.28. The van der Waals surface area contributed by atoms with Gasteiger partial charge in [0.15, 0.2) is 18.1 Å². The molecule has 0 saturated carbocycles. The minimum Gasteiger partial charge on any atom is -0.493 e. The third-order valence-corrected chi connectivity index (χ3v) is 6.59. The molecule has 1 N–H and O–H groups in total. The van der Waals surface area contributed by atoms with Crippen molar-refractivity contribution in [1.29, 1.82) is 0 Å². The summed E-state index contributed by atoms with van der Waals surface area (Å²) in [5, 5.41) is 2.84. The van der Waals surface area contributed by atoms with Crippen molar-refractivity contribution in [3.05, 3.63) is 56.0 Å². The summed E-state index contributed by atoms with van der Waals surface area (Å²) < 4.78 is 12.5. The normalized spacial score (nSPS) is 14.9. The number of amides is 2. The van der Waals surface area contributed by atoms with Gasteiger partial charge in [-0.1, -0.05) is 42.2 Å². The molecule has 0 spiro atoms. The van der Waals surface area contributed by atoms with Crippen LogP contribution in [-0.2, 0) is 9.59 Å². The van der Waals surface area contributed by atoms with Gasteiger partial charge in [-0.15, -0.1) is 0 Å². The van der Waals surface area contributed by atoms with E-state index in [2.05, 4.69) is 27.9 Å². The van der Waals surface area contributed by atoms with Gasteiger partial charge >= 0.3 is 0 Å². The Labute approximate surface area is 198 Å². The van der Waals surface area contributed by atoms with E-state index >= 15 is 0 Å². The number of halogens is 1. The highest BCUT2D eigenvalue weighted by molar-refractivity contribution is 14.1. The number of hydrogen-bond acceptors (Lipinski definition) is 6. The first-order chi connectivity index (χ1) is 14.3. The minimum atomic E-state index is -0.266. The molecule has 1 heterocycles. The number of thioether (sulfide) groups is 1. The Morgan fingerprint density at radius 2 is 2.07 bits per heavy atom. The Balaban J connectivity index is 1.75. The Morgan fingerprint density at radius 1 is 1.33 bits per heavy atom. The Morgan fingerprint density at radius 3 is 2.70 bits per heavy atom. The molecule has 1 aliphatic rings. The topological polar surface area (TPSA) is 67.9 Å². The first-order valence-corrected chi connectivity index (χ1v) is 11.2.